The fourth-order valence-corrected chi connectivity index (χ4v) is 3.46. The van der Waals surface area contributed by atoms with Crippen LogP contribution in [0.3, 0.4) is 0 Å². The first-order valence-electron chi connectivity index (χ1n) is 7.87. The van der Waals surface area contributed by atoms with E-state index >= 15 is 0 Å². The number of rotatable bonds is 6. The number of carbonyl (C=O) groups is 1. The van der Waals surface area contributed by atoms with E-state index < -0.39 is 5.97 Å². The SMILES string of the molecule is Cc1nc(-c2cccc(OCCN3CCOCC3)c2)sc1C(=O)O. The largest absolute Gasteiger partial charge is 0.492 e. The van der Waals surface area contributed by atoms with Crippen LogP contribution in [0.25, 0.3) is 10.6 Å². The number of hydrogen-bond acceptors (Lipinski definition) is 6. The Bertz CT molecular complexity index is 710. The second-order valence-corrected chi connectivity index (χ2v) is 6.57. The molecule has 1 N–H and O–H groups in total. The standard InChI is InChI=1S/C17H20N2O4S/c1-12-15(17(20)21)24-16(18-12)13-3-2-4-14(11-13)23-10-7-19-5-8-22-9-6-19/h2-4,11H,5-10H2,1H3,(H,20,21). The number of aryl methyl sites for hydroxylation is 1. The van der Waals surface area contributed by atoms with Crippen molar-refractivity contribution in [3.63, 3.8) is 0 Å². The van der Waals surface area contributed by atoms with Gasteiger partial charge in [-0.1, -0.05) is 12.1 Å². The minimum absolute atomic E-state index is 0.281. The van der Waals surface area contributed by atoms with Crippen molar-refractivity contribution in [2.75, 3.05) is 39.5 Å². The van der Waals surface area contributed by atoms with Crippen molar-refractivity contribution in [2.24, 2.45) is 0 Å². The number of benzene rings is 1. The van der Waals surface area contributed by atoms with E-state index in [1.165, 1.54) is 11.3 Å². The van der Waals surface area contributed by atoms with E-state index in [1.54, 1.807) is 6.92 Å². The van der Waals surface area contributed by atoms with Gasteiger partial charge < -0.3 is 14.6 Å². The van der Waals surface area contributed by atoms with Crippen LogP contribution in [-0.4, -0.2) is 60.4 Å². The average Bonchev–Trinajstić information content (AvgIpc) is 2.98. The molecule has 3 rings (SSSR count). The molecule has 2 heterocycles. The Balaban J connectivity index is 1.63. The second-order valence-electron chi connectivity index (χ2n) is 5.57. The molecular formula is C17H20N2O4S. The third kappa shape index (κ3) is 4.11. The molecule has 6 nitrogen and oxygen atoms in total. The van der Waals surface area contributed by atoms with Crippen LogP contribution < -0.4 is 4.74 Å². The van der Waals surface area contributed by atoms with Crippen LogP contribution in [0.1, 0.15) is 15.4 Å². The molecule has 1 fully saturated rings. The van der Waals surface area contributed by atoms with Gasteiger partial charge in [-0.05, 0) is 19.1 Å². The number of carboxylic acids is 1. The maximum Gasteiger partial charge on any atom is 0.347 e. The zero-order chi connectivity index (χ0) is 16.9. The molecule has 7 heteroatoms. The van der Waals surface area contributed by atoms with Crippen LogP contribution in [0.15, 0.2) is 24.3 Å². The molecule has 0 saturated carbocycles. The Morgan fingerprint density at radius 3 is 2.92 bits per heavy atom. The topological polar surface area (TPSA) is 71.9 Å². The molecule has 0 spiro atoms. The van der Waals surface area contributed by atoms with Gasteiger partial charge in [0.15, 0.2) is 0 Å². The molecule has 0 unspecified atom stereocenters. The fourth-order valence-electron chi connectivity index (χ4n) is 2.55. The molecular weight excluding hydrogens is 328 g/mol. The number of hydrogen-bond donors (Lipinski definition) is 1. The molecule has 1 aromatic heterocycles. The Kier molecular flexibility index (Phi) is 5.44. The van der Waals surface area contributed by atoms with Gasteiger partial charge in [-0.2, -0.15) is 0 Å². The average molecular weight is 348 g/mol. The van der Waals surface area contributed by atoms with Crippen LogP contribution in [0.5, 0.6) is 5.75 Å². The summed E-state index contributed by atoms with van der Waals surface area (Å²) >= 11 is 1.19. The lowest BCUT2D eigenvalue weighted by molar-refractivity contribution is 0.0322. The van der Waals surface area contributed by atoms with Gasteiger partial charge >= 0.3 is 5.97 Å². The quantitative estimate of drug-likeness (QED) is 0.865. The minimum atomic E-state index is -0.936. The van der Waals surface area contributed by atoms with Gasteiger partial charge in [-0.3, -0.25) is 4.90 Å². The minimum Gasteiger partial charge on any atom is -0.492 e. The Morgan fingerprint density at radius 2 is 2.21 bits per heavy atom. The lowest BCUT2D eigenvalue weighted by Gasteiger charge is -2.26. The first-order chi connectivity index (χ1) is 11.6. The van der Waals surface area contributed by atoms with Crippen molar-refractivity contribution in [3.05, 3.63) is 34.8 Å². The predicted octanol–water partition coefficient (Wildman–Crippen LogP) is 2.53. The lowest BCUT2D eigenvalue weighted by atomic mass is 10.2. The van der Waals surface area contributed by atoms with Gasteiger partial charge in [0.05, 0.1) is 18.9 Å². The van der Waals surface area contributed by atoms with Gasteiger partial charge in [0, 0.05) is 25.2 Å². The van der Waals surface area contributed by atoms with Crippen LogP contribution in [0, 0.1) is 6.92 Å². The zero-order valence-electron chi connectivity index (χ0n) is 13.5. The van der Waals surface area contributed by atoms with Crippen LogP contribution >= 0.6 is 11.3 Å². The van der Waals surface area contributed by atoms with Crippen LogP contribution in [-0.2, 0) is 4.74 Å². The Labute approximate surface area is 144 Å². The fraction of sp³-hybridized carbons (Fsp3) is 0.412. The van der Waals surface area contributed by atoms with Crippen molar-refractivity contribution < 1.29 is 19.4 Å². The summed E-state index contributed by atoms with van der Waals surface area (Å²) in [7, 11) is 0. The summed E-state index contributed by atoms with van der Waals surface area (Å²) in [5, 5.41) is 9.85. The molecule has 0 radical (unpaired) electrons. The number of nitrogens with zero attached hydrogens (tertiary/aromatic N) is 2. The molecule has 1 aliphatic heterocycles. The third-order valence-electron chi connectivity index (χ3n) is 3.85. The molecule has 2 aromatic rings. The molecule has 1 aliphatic rings. The Morgan fingerprint density at radius 1 is 1.42 bits per heavy atom. The molecule has 128 valence electrons. The molecule has 1 aromatic carbocycles. The molecule has 0 bridgehead atoms. The van der Waals surface area contributed by atoms with Gasteiger partial charge in [-0.15, -0.1) is 11.3 Å². The molecule has 0 atom stereocenters. The van der Waals surface area contributed by atoms with Crippen LogP contribution in [0.4, 0.5) is 0 Å². The first kappa shape index (κ1) is 16.9. The molecule has 24 heavy (non-hydrogen) atoms. The number of carboxylic acid groups (broad SMARTS) is 1. The second kappa shape index (κ2) is 7.74. The smallest absolute Gasteiger partial charge is 0.347 e. The summed E-state index contributed by atoms with van der Waals surface area (Å²) < 4.78 is 11.2. The normalized spacial score (nSPS) is 15.4. The van der Waals surface area contributed by atoms with E-state index in [4.69, 9.17) is 14.6 Å². The summed E-state index contributed by atoms with van der Waals surface area (Å²) in [6.07, 6.45) is 0. The van der Waals surface area contributed by atoms with Crippen molar-refractivity contribution >= 4 is 17.3 Å². The zero-order valence-corrected chi connectivity index (χ0v) is 14.3. The molecule has 0 amide bonds. The first-order valence-corrected chi connectivity index (χ1v) is 8.69. The van der Waals surface area contributed by atoms with E-state index in [0.29, 0.717) is 17.3 Å². The van der Waals surface area contributed by atoms with E-state index in [0.717, 1.165) is 44.2 Å². The molecule has 1 saturated heterocycles. The van der Waals surface area contributed by atoms with Crippen molar-refractivity contribution in [3.8, 4) is 16.3 Å². The number of aromatic carboxylic acids is 1. The van der Waals surface area contributed by atoms with E-state index in [9.17, 15) is 4.79 Å². The number of aromatic nitrogens is 1. The summed E-state index contributed by atoms with van der Waals surface area (Å²) in [6.45, 7) is 6.65. The maximum atomic E-state index is 11.2. The molecule has 0 aliphatic carbocycles. The third-order valence-corrected chi connectivity index (χ3v) is 5.05. The lowest BCUT2D eigenvalue weighted by Crippen LogP contribution is -2.38. The van der Waals surface area contributed by atoms with Gasteiger partial charge in [0.1, 0.15) is 22.2 Å². The predicted molar refractivity (Wildman–Crippen MR) is 92.0 cm³/mol. The van der Waals surface area contributed by atoms with Crippen molar-refractivity contribution in [1.82, 2.24) is 9.88 Å². The number of thiazole rings is 1. The van der Waals surface area contributed by atoms with Gasteiger partial charge in [0.25, 0.3) is 0 Å². The van der Waals surface area contributed by atoms with E-state index in [1.807, 2.05) is 24.3 Å². The summed E-state index contributed by atoms with van der Waals surface area (Å²) in [5.74, 6) is -0.167. The van der Waals surface area contributed by atoms with Gasteiger partial charge in [-0.25, -0.2) is 9.78 Å². The van der Waals surface area contributed by atoms with Gasteiger partial charge in [0.2, 0.25) is 0 Å². The maximum absolute atomic E-state index is 11.2. The number of morpholine rings is 1. The highest BCUT2D eigenvalue weighted by Crippen LogP contribution is 2.30. The summed E-state index contributed by atoms with van der Waals surface area (Å²) in [6, 6.07) is 7.62. The van der Waals surface area contributed by atoms with Crippen molar-refractivity contribution in [2.45, 2.75) is 6.92 Å². The van der Waals surface area contributed by atoms with Crippen LogP contribution in [0.2, 0.25) is 0 Å². The highest BCUT2D eigenvalue weighted by atomic mass is 32.1. The number of ether oxygens (including phenoxy) is 2. The van der Waals surface area contributed by atoms with Crippen molar-refractivity contribution in [1.29, 1.82) is 0 Å². The van der Waals surface area contributed by atoms with E-state index in [-0.39, 0.29) is 4.88 Å². The summed E-state index contributed by atoms with van der Waals surface area (Å²) in [5.41, 5.74) is 1.42. The highest BCUT2D eigenvalue weighted by molar-refractivity contribution is 7.17. The highest BCUT2D eigenvalue weighted by Gasteiger charge is 2.15. The Hall–Kier alpha value is -1.96. The van der Waals surface area contributed by atoms with E-state index in [2.05, 4.69) is 9.88 Å². The summed E-state index contributed by atoms with van der Waals surface area (Å²) in [4.78, 5) is 18.1. The monoisotopic (exact) mass is 348 g/mol.